The highest BCUT2D eigenvalue weighted by molar-refractivity contribution is 7.22. The lowest BCUT2D eigenvalue weighted by Gasteiger charge is -2.10. The highest BCUT2D eigenvalue weighted by atomic mass is 32.1. The molecule has 4 rings (SSSR count). The van der Waals surface area contributed by atoms with E-state index in [0.717, 1.165) is 16.3 Å². The molecule has 0 saturated carbocycles. The number of aryl methyl sites for hydroxylation is 1. The molecule has 0 saturated heterocycles. The summed E-state index contributed by atoms with van der Waals surface area (Å²) in [6.07, 6.45) is 0. The van der Waals surface area contributed by atoms with Crippen LogP contribution in [0.25, 0.3) is 21.1 Å². The zero-order valence-corrected chi connectivity index (χ0v) is 14.5. The van der Waals surface area contributed by atoms with Gasteiger partial charge >= 0.3 is 0 Å². The monoisotopic (exact) mass is 368 g/mol. The molecule has 0 unspecified atom stereocenters. The van der Waals surface area contributed by atoms with Crippen LogP contribution in [-0.4, -0.2) is 20.4 Å². The highest BCUT2D eigenvalue weighted by Crippen LogP contribution is 2.25. The van der Waals surface area contributed by atoms with Crippen LogP contribution in [0.15, 0.2) is 47.3 Å². The van der Waals surface area contributed by atoms with Gasteiger partial charge in [0.25, 0.3) is 5.56 Å². The van der Waals surface area contributed by atoms with Gasteiger partial charge in [-0.2, -0.15) is 0 Å². The second-order valence-electron chi connectivity index (χ2n) is 5.75. The minimum Gasteiger partial charge on any atom is -0.300 e. The fraction of sp³-hybridized carbons (Fsp3) is 0.111. The molecule has 0 aliphatic heterocycles. The summed E-state index contributed by atoms with van der Waals surface area (Å²) < 4.78 is 15.6. The molecule has 0 radical (unpaired) electrons. The van der Waals surface area contributed by atoms with Crippen LogP contribution in [0, 0.1) is 12.7 Å². The number of hydrogen-bond donors (Lipinski definition) is 1. The second kappa shape index (κ2) is 6.30. The smallest absolute Gasteiger partial charge is 0.261 e. The van der Waals surface area contributed by atoms with E-state index in [1.807, 2.05) is 24.3 Å². The van der Waals surface area contributed by atoms with Crippen molar-refractivity contribution in [3.05, 3.63) is 64.5 Å². The molecule has 8 heteroatoms. The van der Waals surface area contributed by atoms with Gasteiger partial charge in [0.2, 0.25) is 5.91 Å². The highest BCUT2D eigenvalue weighted by Gasteiger charge is 2.14. The van der Waals surface area contributed by atoms with E-state index < -0.39 is 17.3 Å². The molecule has 0 aliphatic rings. The van der Waals surface area contributed by atoms with Crippen LogP contribution in [0.1, 0.15) is 5.82 Å². The van der Waals surface area contributed by atoms with Gasteiger partial charge in [0.1, 0.15) is 18.2 Å². The van der Waals surface area contributed by atoms with Gasteiger partial charge in [-0.15, -0.1) is 0 Å². The van der Waals surface area contributed by atoms with Crippen LogP contribution in [-0.2, 0) is 11.3 Å². The zero-order chi connectivity index (χ0) is 18.3. The Morgan fingerprint density at radius 3 is 2.81 bits per heavy atom. The lowest BCUT2D eigenvalue weighted by Crippen LogP contribution is -2.30. The van der Waals surface area contributed by atoms with E-state index in [1.165, 1.54) is 28.0 Å². The van der Waals surface area contributed by atoms with Gasteiger partial charge in [0.05, 0.1) is 21.1 Å². The summed E-state index contributed by atoms with van der Waals surface area (Å²) in [5.41, 5.74) is 0.743. The van der Waals surface area contributed by atoms with E-state index in [1.54, 1.807) is 6.92 Å². The maximum atomic E-state index is 13.4. The zero-order valence-electron chi connectivity index (χ0n) is 13.7. The first-order valence-electron chi connectivity index (χ1n) is 7.83. The summed E-state index contributed by atoms with van der Waals surface area (Å²) in [4.78, 5) is 33.6. The summed E-state index contributed by atoms with van der Waals surface area (Å²) in [7, 11) is 0. The van der Waals surface area contributed by atoms with Crippen molar-refractivity contribution in [3.63, 3.8) is 0 Å². The number of anilines is 1. The van der Waals surface area contributed by atoms with E-state index in [4.69, 9.17) is 0 Å². The Bertz CT molecular complexity index is 1180. The van der Waals surface area contributed by atoms with Crippen LogP contribution in [0.2, 0.25) is 0 Å². The average molecular weight is 368 g/mol. The van der Waals surface area contributed by atoms with Gasteiger partial charge in [0.15, 0.2) is 5.13 Å². The predicted molar refractivity (Wildman–Crippen MR) is 98.9 cm³/mol. The third kappa shape index (κ3) is 2.95. The Hall–Kier alpha value is -3.13. The summed E-state index contributed by atoms with van der Waals surface area (Å²) in [5.74, 6) is -0.536. The number of nitrogens with one attached hydrogen (secondary N) is 1. The maximum absolute atomic E-state index is 13.4. The average Bonchev–Trinajstić information content (AvgIpc) is 3.01. The van der Waals surface area contributed by atoms with Crippen LogP contribution in [0.3, 0.4) is 0 Å². The maximum Gasteiger partial charge on any atom is 0.261 e. The molecule has 4 aromatic rings. The van der Waals surface area contributed by atoms with Gasteiger partial charge in [0, 0.05) is 0 Å². The fourth-order valence-corrected chi connectivity index (χ4v) is 3.60. The van der Waals surface area contributed by atoms with Crippen molar-refractivity contribution < 1.29 is 9.18 Å². The topological polar surface area (TPSA) is 76.9 Å². The predicted octanol–water partition coefficient (Wildman–Crippen LogP) is 3.09. The molecule has 1 N–H and O–H groups in total. The van der Waals surface area contributed by atoms with Gasteiger partial charge < -0.3 is 5.32 Å². The largest absolute Gasteiger partial charge is 0.300 e. The number of amides is 1. The first kappa shape index (κ1) is 16.3. The third-order valence-electron chi connectivity index (χ3n) is 3.95. The van der Waals surface area contributed by atoms with Crippen molar-refractivity contribution in [3.8, 4) is 0 Å². The molecule has 26 heavy (non-hydrogen) atoms. The number of rotatable bonds is 3. The van der Waals surface area contributed by atoms with Gasteiger partial charge in [-0.25, -0.2) is 14.4 Å². The molecule has 2 aromatic carbocycles. The summed E-state index contributed by atoms with van der Waals surface area (Å²) in [5, 5.41) is 3.30. The van der Waals surface area contributed by atoms with Crippen molar-refractivity contribution in [1.82, 2.24) is 14.5 Å². The molecular formula is C18H13FN4O2S. The molecule has 0 aliphatic carbocycles. The van der Waals surface area contributed by atoms with Gasteiger partial charge in [-0.1, -0.05) is 23.5 Å². The standard InChI is InChI=1S/C18H13FN4O2S/c1-10-20-13-7-6-11(19)8-12(13)17(25)23(10)9-16(24)22-18-21-14-4-2-3-5-15(14)26-18/h2-8H,9H2,1H3,(H,21,22,24). The number of halogens is 1. The molecular weight excluding hydrogens is 355 g/mol. The lowest BCUT2D eigenvalue weighted by molar-refractivity contribution is -0.116. The van der Waals surface area contributed by atoms with Crippen LogP contribution < -0.4 is 10.9 Å². The Balaban J connectivity index is 1.63. The van der Waals surface area contributed by atoms with E-state index in [9.17, 15) is 14.0 Å². The Morgan fingerprint density at radius 1 is 1.19 bits per heavy atom. The minimum atomic E-state index is -0.522. The normalized spacial score (nSPS) is 11.2. The number of benzene rings is 2. The van der Waals surface area contributed by atoms with Gasteiger partial charge in [-0.05, 0) is 37.3 Å². The molecule has 130 valence electrons. The number of thiazole rings is 1. The molecule has 6 nitrogen and oxygen atoms in total. The number of nitrogens with zero attached hydrogens (tertiary/aromatic N) is 3. The molecule has 0 fully saturated rings. The van der Waals surface area contributed by atoms with Crippen molar-refractivity contribution in [2.24, 2.45) is 0 Å². The summed E-state index contributed by atoms with van der Waals surface area (Å²) >= 11 is 1.35. The Kier molecular flexibility index (Phi) is 3.96. The van der Waals surface area contributed by atoms with E-state index >= 15 is 0 Å². The minimum absolute atomic E-state index is 0.142. The number of hydrogen-bond acceptors (Lipinski definition) is 5. The van der Waals surface area contributed by atoms with Gasteiger partial charge in [-0.3, -0.25) is 14.2 Å². The fourth-order valence-electron chi connectivity index (χ4n) is 2.72. The van der Waals surface area contributed by atoms with E-state index in [-0.39, 0.29) is 11.9 Å². The third-order valence-corrected chi connectivity index (χ3v) is 4.90. The number of carbonyl (C=O) groups excluding carboxylic acids is 1. The van der Waals surface area contributed by atoms with E-state index in [2.05, 4.69) is 15.3 Å². The lowest BCUT2D eigenvalue weighted by atomic mass is 10.2. The van der Waals surface area contributed by atoms with Crippen LogP contribution in [0.4, 0.5) is 9.52 Å². The first-order valence-corrected chi connectivity index (χ1v) is 8.65. The Labute approximate surface area is 150 Å². The first-order chi connectivity index (χ1) is 12.5. The number of para-hydroxylation sites is 1. The molecule has 1 amide bonds. The molecule has 0 atom stereocenters. The molecule has 0 bridgehead atoms. The molecule has 0 spiro atoms. The number of fused-ring (bicyclic) bond motifs is 2. The number of aromatic nitrogens is 3. The molecule has 2 aromatic heterocycles. The summed E-state index contributed by atoms with van der Waals surface area (Å²) in [6, 6.07) is 11.4. The second-order valence-corrected chi connectivity index (χ2v) is 6.78. The van der Waals surface area contributed by atoms with Crippen molar-refractivity contribution in [2.45, 2.75) is 13.5 Å². The van der Waals surface area contributed by atoms with Crippen LogP contribution >= 0.6 is 11.3 Å². The number of carbonyl (C=O) groups is 1. The van der Waals surface area contributed by atoms with Crippen LogP contribution in [0.5, 0.6) is 0 Å². The molecule has 2 heterocycles. The Morgan fingerprint density at radius 2 is 2.00 bits per heavy atom. The van der Waals surface area contributed by atoms with Crippen molar-refractivity contribution in [2.75, 3.05) is 5.32 Å². The van der Waals surface area contributed by atoms with Crippen molar-refractivity contribution in [1.29, 1.82) is 0 Å². The summed E-state index contributed by atoms with van der Waals surface area (Å²) in [6.45, 7) is 1.41. The quantitative estimate of drug-likeness (QED) is 0.603. The SMILES string of the molecule is Cc1nc2ccc(F)cc2c(=O)n1CC(=O)Nc1nc2ccccc2s1. The van der Waals surface area contributed by atoms with Crippen molar-refractivity contribution >= 4 is 43.5 Å². The van der Waals surface area contributed by atoms with E-state index in [0.29, 0.717) is 16.5 Å².